The summed E-state index contributed by atoms with van der Waals surface area (Å²) in [6.07, 6.45) is 1.43. The molecule has 3 amide bonds. The number of amides is 3. The number of urea groups is 1. The number of carbonyl (C=O) groups excluding carboxylic acids is 2. The predicted octanol–water partition coefficient (Wildman–Crippen LogP) is -0.0358. The minimum absolute atomic E-state index is 0.0893. The second kappa shape index (κ2) is 10.4. The van der Waals surface area contributed by atoms with Crippen LogP contribution in [0, 0.1) is 0 Å². The quantitative estimate of drug-likeness (QED) is 0.688. The van der Waals surface area contributed by atoms with E-state index in [-0.39, 0.29) is 43.3 Å². The highest BCUT2D eigenvalue weighted by Crippen LogP contribution is 2.28. The molecule has 0 aromatic rings. The van der Waals surface area contributed by atoms with Gasteiger partial charge in [-0.2, -0.15) is 0 Å². The van der Waals surface area contributed by atoms with Gasteiger partial charge in [-0.15, -0.1) is 0 Å². The minimum atomic E-state index is -0.714. The molecule has 3 saturated heterocycles. The van der Waals surface area contributed by atoms with Crippen molar-refractivity contribution in [2.45, 2.75) is 57.0 Å². The van der Waals surface area contributed by atoms with Crippen LogP contribution < -0.4 is 5.32 Å². The van der Waals surface area contributed by atoms with Crippen LogP contribution in [0.2, 0.25) is 0 Å². The van der Waals surface area contributed by atoms with E-state index in [1.165, 1.54) is 0 Å². The molecule has 160 valence electrons. The Morgan fingerprint density at radius 1 is 1.14 bits per heavy atom. The van der Waals surface area contributed by atoms with Crippen LogP contribution in [0.5, 0.6) is 0 Å². The molecular formula is C19H33N3O6. The van der Waals surface area contributed by atoms with Gasteiger partial charge in [-0.3, -0.25) is 4.79 Å². The molecule has 0 unspecified atom stereocenters. The molecule has 0 radical (unpaired) electrons. The smallest absolute Gasteiger partial charge is 0.317 e. The molecule has 0 bridgehead atoms. The molecule has 0 aliphatic carbocycles. The average molecular weight is 399 g/mol. The van der Waals surface area contributed by atoms with Crippen molar-refractivity contribution in [1.29, 1.82) is 0 Å². The Balaban J connectivity index is 1.60. The highest BCUT2D eigenvalue weighted by molar-refractivity contribution is 5.77. The number of aliphatic hydroxyl groups is 1. The van der Waals surface area contributed by atoms with E-state index in [0.717, 1.165) is 12.8 Å². The maximum absolute atomic E-state index is 12.6. The van der Waals surface area contributed by atoms with E-state index in [1.807, 2.05) is 11.8 Å². The van der Waals surface area contributed by atoms with E-state index in [0.29, 0.717) is 52.3 Å². The summed E-state index contributed by atoms with van der Waals surface area (Å²) in [6, 6.07) is -0.342. The summed E-state index contributed by atoms with van der Waals surface area (Å²) >= 11 is 0. The lowest BCUT2D eigenvalue weighted by atomic mass is 9.94. The standard InChI is InChI=1S/C19H33N3O6/c1-2-5-20-19(25)22-11-14(23)12-27-13-17-16(22)4-3-15(28-17)10-18(24)21-6-8-26-9-7-21/h14-17,23H,2-13H2,1H3,(H,20,25)/t14-,15-,16-,17+/m1/s1. The molecular weight excluding hydrogens is 366 g/mol. The number of morpholine rings is 1. The highest BCUT2D eigenvalue weighted by atomic mass is 16.5. The lowest BCUT2D eigenvalue weighted by molar-refractivity contribution is -0.156. The zero-order valence-corrected chi connectivity index (χ0v) is 16.7. The van der Waals surface area contributed by atoms with Crippen molar-refractivity contribution in [2.75, 3.05) is 52.6 Å². The van der Waals surface area contributed by atoms with E-state index in [2.05, 4.69) is 5.32 Å². The summed E-state index contributed by atoms with van der Waals surface area (Å²) in [6.45, 7) is 5.71. The number of carbonyl (C=O) groups is 2. The average Bonchev–Trinajstić information content (AvgIpc) is 2.70. The van der Waals surface area contributed by atoms with Crippen molar-refractivity contribution in [3.63, 3.8) is 0 Å². The zero-order chi connectivity index (χ0) is 19.9. The molecule has 0 aromatic heterocycles. The van der Waals surface area contributed by atoms with Gasteiger partial charge in [0.05, 0.1) is 57.6 Å². The van der Waals surface area contributed by atoms with Gasteiger partial charge in [0.15, 0.2) is 0 Å². The summed E-state index contributed by atoms with van der Waals surface area (Å²) in [5.74, 6) is 0.0893. The van der Waals surface area contributed by atoms with E-state index in [9.17, 15) is 14.7 Å². The summed E-state index contributed by atoms with van der Waals surface area (Å²) in [5.41, 5.74) is 0. The maximum Gasteiger partial charge on any atom is 0.317 e. The number of ether oxygens (including phenoxy) is 3. The van der Waals surface area contributed by atoms with Crippen LogP contribution in [-0.4, -0.2) is 104 Å². The highest BCUT2D eigenvalue weighted by Gasteiger charge is 2.40. The van der Waals surface area contributed by atoms with Gasteiger partial charge in [0, 0.05) is 19.6 Å². The van der Waals surface area contributed by atoms with Crippen LogP contribution in [0.1, 0.15) is 32.6 Å². The third-order valence-electron chi connectivity index (χ3n) is 5.53. The number of hydrogen-bond acceptors (Lipinski definition) is 6. The Labute approximate surface area is 166 Å². The van der Waals surface area contributed by atoms with Crippen molar-refractivity contribution in [3.05, 3.63) is 0 Å². The zero-order valence-electron chi connectivity index (χ0n) is 16.7. The molecule has 28 heavy (non-hydrogen) atoms. The molecule has 9 heteroatoms. The molecule has 3 fully saturated rings. The molecule has 3 aliphatic rings. The Morgan fingerprint density at radius 3 is 2.68 bits per heavy atom. The van der Waals surface area contributed by atoms with Gasteiger partial charge >= 0.3 is 6.03 Å². The molecule has 0 aromatic carbocycles. The van der Waals surface area contributed by atoms with Gasteiger partial charge in [-0.05, 0) is 19.3 Å². The predicted molar refractivity (Wildman–Crippen MR) is 101 cm³/mol. The van der Waals surface area contributed by atoms with E-state index < -0.39 is 6.10 Å². The molecule has 0 saturated carbocycles. The molecule has 3 rings (SSSR count). The fourth-order valence-electron chi connectivity index (χ4n) is 4.04. The normalized spacial score (nSPS) is 31.5. The molecule has 2 N–H and O–H groups in total. The van der Waals surface area contributed by atoms with Crippen LogP contribution >= 0.6 is 0 Å². The first kappa shape index (κ1) is 21.3. The van der Waals surface area contributed by atoms with Gasteiger partial charge in [0.2, 0.25) is 5.91 Å². The Bertz CT molecular complexity index is 528. The lowest BCUT2D eigenvalue weighted by Crippen LogP contribution is -2.59. The maximum atomic E-state index is 12.6. The van der Waals surface area contributed by atoms with Gasteiger partial charge in [0.25, 0.3) is 0 Å². The first-order valence-corrected chi connectivity index (χ1v) is 10.4. The van der Waals surface area contributed by atoms with Crippen molar-refractivity contribution >= 4 is 11.9 Å². The van der Waals surface area contributed by atoms with Crippen LogP contribution in [0.25, 0.3) is 0 Å². The van der Waals surface area contributed by atoms with Gasteiger partial charge in [-0.25, -0.2) is 4.79 Å². The number of rotatable bonds is 4. The molecule has 0 spiro atoms. The van der Waals surface area contributed by atoms with Crippen LogP contribution in [0.3, 0.4) is 0 Å². The monoisotopic (exact) mass is 399 g/mol. The fourth-order valence-corrected chi connectivity index (χ4v) is 4.04. The summed E-state index contributed by atoms with van der Waals surface area (Å²) < 4.78 is 17.1. The SMILES string of the molecule is CCCNC(=O)N1C[C@@H](O)COC[C@@H]2O[C@@H](CC(=O)N3CCOCC3)CC[C@H]21. The topological polar surface area (TPSA) is 101 Å². The first-order chi connectivity index (χ1) is 13.6. The second-order valence-electron chi connectivity index (χ2n) is 7.71. The second-order valence-corrected chi connectivity index (χ2v) is 7.71. The molecule has 9 nitrogen and oxygen atoms in total. The lowest BCUT2D eigenvalue weighted by Gasteiger charge is -2.44. The minimum Gasteiger partial charge on any atom is -0.389 e. The van der Waals surface area contributed by atoms with Gasteiger partial charge < -0.3 is 34.4 Å². The number of fused-ring (bicyclic) bond motifs is 1. The largest absolute Gasteiger partial charge is 0.389 e. The van der Waals surface area contributed by atoms with E-state index in [4.69, 9.17) is 14.2 Å². The van der Waals surface area contributed by atoms with Gasteiger partial charge in [0.1, 0.15) is 6.10 Å². The van der Waals surface area contributed by atoms with E-state index in [1.54, 1.807) is 4.90 Å². The molecule has 4 atom stereocenters. The molecule has 3 aliphatic heterocycles. The van der Waals surface area contributed by atoms with Crippen LogP contribution in [-0.2, 0) is 19.0 Å². The van der Waals surface area contributed by atoms with Crippen LogP contribution in [0.4, 0.5) is 4.79 Å². The first-order valence-electron chi connectivity index (χ1n) is 10.4. The third kappa shape index (κ3) is 5.56. The number of β-amino-alcohol motifs (C(OH)–C–C–N with tert-alkyl or cyclic N) is 1. The van der Waals surface area contributed by atoms with E-state index >= 15 is 0 Å². The Morgan fingerprint density at radius 2 is 1.93 bits per heavy atom. The van der Waals surface area contributed by atoms with Crippen molar-refractivity contribution in [2.24, 2.45) is 0 Å². The Hall–Kier alpha value is -1.42. The number of aliphatic hydroxyl groups excluding tert-OH is 1. The van der Waals surface area contributed by atoms with Crippen molar-refractivity contribution in [1.82, 2.24) is 15.1 Å². The van der Waals surface area contributed by atoms with Crippen molar-refractivity contribution < 1.29 is 28.9 Å². The fraction of sp³-hybridized carbons (Fsp3) is 0.895. The summed E-state index contributed by atoms with van der Waals surface area (Å²) in [7, 11) is 0. The molecule has 3 heterocycles. The number of nitrogens with zero attached hydrogens (tertiary/aromatic N) is 2. The van der Waals surface area contributed by atoms with Gasteiger partial charge in [-0.1, -0.05) is 6.92 Å². The summed E-state index contributed by atoms with van der Waals surface area (Å²) in [4.78, 5) is 28.7. The van der Waals surface area contributed by atoms with Crippen molar-refractivity contribution in [3.8, 4) is 0 Å². The summed E-state index contributed by atoms with van der Waals surface area (Å²) in [5, 5.41) is 13.0. The van der Waals surface area contributed by atoms with Crippen LogP contribution in [0.15, 0.2) is 0 Å². The third-order valence-corrected chi connectivity index (χ3v) is 5.53. The number of nitrogens with one attached hydrogen (secondary N) is 1. The number of hydrogen-bond donors (Lipinski definition) is 2. The Kier molecular flexibility index (Phi) is 7.90.